The number of carbonyl (C=O) groups excluding carboxylic acids is 1. The Morgan fingerprint density at radius 1 is 1.03 bits per heavy atom. The van der Waals surface area contributed by atoms with Gasteiger partial charge in [-0.15, -0.1) is 0 Å². The number of aromatic nitrogens is 2. The molecule has 0 unspecified atom stereocenters. The summed E-state index contributed by atoms with van der Waals surface area (Å²) in [6, 6.07) is 18.6. The molecule has 0 radical (unpaired) electrons. The molecule has 8 heteroatoms. The number of urea groups is 1. The third-order valence-corrected chi connectivity index (χ3v) is 4.94. The van der Waals surface area contributed by atoms with Crippen LogP contribution in [-0.2, 0) is 6.61 Å². The minimum atomic E-state index is -0.402. The number of anilines is 2. The van der Waals surface area contributed by atoms with Gasteiger partial charge in [-0.25, -0.2) is 9.78 Å². The van der Waals surface area contributed by atoms with Gasteiger partial charge < -0.3 is 15.4 Å². The van der Waals surface area contributed by atoms with Crippen molar-refractivity contribution < 1.29 is 9.53 Å². The van der Waals surface area contributed by atoms with Crippen molar-refractivity contribution >= 4 is 34.7 Å². The molecule has 4 aromatic rings. The van der Waals surface area contributed by atoms with Gasteiger partial charge in [-0.1, -0.05) is 29.8 Å². The minimum Gasteiger partial charge on any atom is -0.487 e. The number of halogens is 1. The lowest BCUT2D eigenvalue weighted by atomic mass is 10.2. The molecule has 0 fully saturated rings. The maximum atomic E-state index is 12.3. The molecule has 2 heterocycles. The van der Waals surface area contributed by atoms with Crippen LogP contribution in [0, 0.1) is 6.92 Å². The molecule has 0 spiro atoms. The number of pyridine rings is 1. The molecule has 0 aliphatic heterocycles. The number of carbonyl (C=O) groups is 1. The second-order valence-corrected chi connectivity index (χ2v) is 7.28. The van der Waals surface area contributed by atoms with E-state index < -0.39 is 6.03 Å². The quantitative estimate of drug-likeness (QED) is 0.469. The van der Waals surface area contributed by atoms with Gasteiger partial charge in [0.1, 0.15) is 18.0 Å². The molecule has 0 atom stereocenters. The number of benzene rings is 2. The SMILES string of the molecule is Cc1ccc(NC(=O)Nc2cccc(OCc3cc(=O)n4ccccc4n3)c2)cc1Cl. The lowest BCUT2D eigenvalue weighted by Crippen LogP contribution is -2.19. The summed E-state index contributed by atoms with van der Waals surface area (Å²) in [4.78, 5) is 28.9. The Kier molecular flexibility index (Phi) is 5.86. The molecule has 0 bridgehead atoms. The van der Waals surface area contributed by atoms with E-state index in [0.717, 1.165) is 5.56 Å². The fourth-order valence-corrected chi connectivity index (χ4v) is 3.14. The summed E-state index contributed by atoms with van der Waals surface area (Å²) in [5, 5.41) is 6.07. The van der Waals surface area contributed by atoms with E-state index in [9.17, 15) is 9.59 Å². The summed E-state index contributed by atoms with van der Waals surface area (Å²) in [7, 11) is 0. The zero-order valence-electron chi connectivity index (χ0n) is 16.6. The van der Waals surface area contributed by atoms with Crippen LogP contribution >= 0.6 is 11.6 Å². The zero-order valence-corrected chi connectivity index (χ0v) is 17.4. The summed E-state index contributed by atoms with van der Waals surface area (Å²) in [6.45, 7) is 2.01. The van der Waals surface area contributed by atoms with Crippen molar-refractivity contribution in [2.24, 2.45) is 0 Å². The number of nitrogens with one attached hydrogen (secondary N) is 2. The molecule has 7 nitrogen and oxygen atoms in total. The summed E-state index contributed by atoms with van der Waals surface area (Å²) in [5.41, 5.74) is 2.97. The van der Waals surface area contributed by atoms with Crippen LogP contribution in [0.5, 0.6) is 5.75 Å². The van der Waals surface area contributed by atoms with Gasteiger partial charge >= 0.3 is 6.03 Å². The predicted molar refractivity (Wildman–Crippen MR) is 121 cm³/mol. The van der Waals surface area contributed by atoms with Gasteiger partial charge in [-0.2, -0.15) is 0 Å². The molecular weight excluding hydrogens is 416 g/mol. The fraction of sp³-hybridized carbons (Fsp3) is 0.0870. The lowest BCUT2D eigenvalue weighted by molar-refractivity contribution is 0.262. The number of fused-ring (bicyclic) bond motifs is 1. The Morgan fingerprint density at radius 3 is 2.65 bits per heavy atom. The van der Waals surface area contributed by atoms with Crippen molar-refractivity contribution in [2.45, 2.75) is 13.5 Å². The average Bonchev–Trinajstić information content (AvgIpc) is 2.75. The topological polar surface area (TPSA) is 84.7 Å². The molecule has 0 aliphatic carbocycles. The number of hydrogen-bond acceptors (Lipinski definition) is 4. The molecule has 2 aromatic heterocycles. The molecule has 2 N–H and O–H groups in total. The number of hydrogen-bond donors (Lipinski definition) is 2. The van der Waals surface area contributed by atoms with Crippen LogP contribution in [0.2, 0.25) is 5.02 Å². The van der Waals surface area contributed by atoms with E-state index in [2.05, 4.69) is 15.6 Å². The van der Waals surface area contributed by atoms with Crippen LogP contribution in [0.3, 0.4) is 0 Å². The van der Waals surface area contributed by atoms with Crippen molar-refractivity contribution in [1.29, 1.82) is 0 Å². The van der Waals surface area contributed by atoms with Crippen molar-refractivity contribution in [3.63, 3.8) is 0 Å². The minimum absolute atomic E-state index is 0.123. The summed E-state index contributed by atoms with van der Waals surface area (Å²) < 4.78 is 7.23. The van der Waals surface area contributed by atoms with Crippen LogP contribution in [0.15, 0.2) is 77.7 Å². The summed E-state index contributed by atoms with van der Waals surface area (Å²) >= 11 is 6.09. The number of nitrogens with zero attached hydrogens (tertiary/aromatic N) is 2. The number of amides is 2. The maximum Gasteiger partial charge on any atom is 0.323 e. The summed E-state index contributed by atoms with van der Waals surface area (Å²) in [5.74, 6) is 0.534. The monoisotopic (exact) mass is 434 g/mol. The van der Waals surface area contributed by atoms with Gasteiger partial charge in [-0.3, -0.25) is 9.20 Å². The maximum absolute atomic E-state index is 12.3. The van der Waals surface area contributed by atoms with Crippen molar-refractivity contribution in [1.82, 2.24) is 9.38 Å². The Hall–Kier alpha value is -3.84. The molecular formula is C23H19ClN4O3. The van der Waals surface area contributed by atoms with E-state index in [-0.39, 0.29) is 12.2 Å². The van der Waals surface area contributed by atoms with Crippen molar-refractivity contribution in [2.75, 3.05) is 10.6 Å². The van der Waals surface area contributed by atoms with Gasteiger partial charge in [0.25, 0.3) is 5.56 Å². The lowest BCUT2D eigenvalue weighted by Gasteiger charge is -2.11. The average molecular weight is 435 g/mol. The van der Waals surface area contributed by atoms with Gasteiger partial charge in [0.2, 0.25) is 0 Å². The van der Waals surface area contributed by atoms with Crippen LogP contribution in [0.1, 0.15) is 11.3 Å². The Labute approximate surface area is 183 Å². The third kappa shape index (κ3) is 5.02. The standard InChI is InChI=1S/C23H19ClN4O3/c1-15-8-9-17(12-20(15)24)27-23(30)26-16-5-4-6-19(11-16)31-14-18-13-22(29)28-10-3-2-7-21(28)25-18/h2-13H,14H2,1H3,(H2,26,27,30). The van der Waals surface area contributed by atoms with Crippen LogP contribution in [0.4, 0.5) is 16.2 Å². The molecule has 4 rings (SSSR count). The highest BCUT2D eigenvalue weighted by atomic mass is 35.5. The van der Waals surface area contributed by atoms with Gasteiger partial charge in [0.15, 0.2) is 0 Å². The van der Waals surface area contributed by atoms with E-state index in [0.29, 0.717) is 33.5 Å². The van der Waals surface area contributed by atoms with Crippen LogP contribution < -0.4 is 20.9 Å². The van der Waals surface area contributed by atoms with Gasteiger partial charge in [-0.05, 0) is 48.9 Å². The Morgan fingerprint density at radius 2 is 1.84 bits per heavy atom. The number of aryl methyl sites for hydroxylation is 1. The van der Waals surface area contributed by atoms with E-state index in [1.807, 2.05) is 19.1 Å². The molecule has 0 saturated carbocycles. The Bertz CT molecular complexity index is 1320. The van der Waals surface area contributed by atoms with E-state index in [4.69, 9.17) is 16.3 Å². The number of rotatable bonds is 5. The van der Waals surface area contributed by atoms with Crippen LogP contribution in [-0.4, -0.2) is 15.4 Å². The number of ether oxygens (including phenoxy) is 1. The van der Waals surface area contributed by atoms with Crippen molar-refractivity contribution in [3.05, 3.63) is 99.6 Å². The fourth-order valence-electron chi connectivity index (χ4n) is 2.96. The highest BCUT2D eigenvalue weighted by molar-refractivity contribution is 6.31. The second kappa shape index (κ2) is 8.89. The summed E-state index contributed by atoms with van der Waals surface area (Å²) in [6.07, 6.45) is 1.67. The van der Waals surface area contributed by atoms with Gasteiger partial charge in [0.05, 0.1) is 5.69 Å². The van der Waals surface area contributed by atoms with Gasteiger partial charge in [0, 0.05) is 34.7 Å². The molecule has 2 aromatic carbocycles. The highest BCUT2D eigenvalue weighted by Crippen LogP contribution is 2.21. The molecule has 2 amide bonds. The second-order valence-electron chi connectivity index (χ2n) is 6.87. The Balaban J connectivity index is 1.40. The first-order valence-electron chi connectivity index (χ1n) is 9.52. The van der Waals surface area contributed by atoms with Crippen molar-refractivity contribution in [3.8, 4) is 5.75 Å². The zero-order chi connectivity index (χ0) is 21.8. The predicted octanol–water partition coefficient (Wildman–Crippen LogP) is 4.88. The first kappa shape index (κ1) is 20.4. The van der Waals surface area contributed by atoms with E-state index in [1.54, 1.807) is 54.7 Å². The largest absolute Gasteiger partial charge is 0.487 e. The molecule has 156 valence electrons. The van der Waals surface area contributed by atoms with E-state index >= 15 is 0 Å². The third-order valence-electron chi connectivity index (χ3n) is 4.53. The van der Waals surface area contributed by atoms with E-state index in [1.165, 1.54) is 10.5 Å². The first-order chi connectivity index (χ1) is 15.0. The first-order valence-corrected chi connectivity index (χ1v) is 9.90. The highest BCUT2D eigenvalue weighted by Gasteiger charge is 2.07. The molecule has 0 saturated heterocycles. The molecule has 0 aliphatic rings. The molecule has 31 heavy (non-hydrogen) atoms. The normalized spacial score (nSPS) is 10.6. The smallest absolute Gasteiger partial charge is 0.323 e. The van der Waals surface area contributed by atoms with Crippen LogP contribution in [0.25, 0.3) is 5.65 Å².